The Kier molecular flexibility index (Phi) is 7.99. The maximum absolute atomic E-state index is 13.8. The largest absolute Gasteiger partial charge is 0.506 e. The van der Waals surface area contributed by atoms with Crippen molar-refractivity contribution in [2.75, 3.05) is 18.5 Å². The second-order valence-electron chi connectivity index (χ2n) is 9.43. The van der Waals surface area contributed by atoms with Crippen LogP contribution in [0.5, 0.6) is 11.5 Å². The first kappa shape index (κ1) is 27.8. The summed E-state index contributed by atoms with van der Waals surface area (Å²) in [5, 5.41) is 28.0. The van der Waals surface area contributed by atoms with Crippen LogP contribution >= 0.6 is 11.3 Å². The number of aromatic hydroxyl groups is 1. The predicted octanol–water partition coefficient (Wildman–Crippen LogP) is 4.67. The molecule has 6 N–H and O–H groups in total. The van der Waals surface area contributed by atoms with E-state index in [9.17, 15) is 24.6 Å². The standard InChI is InChI=1S/C30H28N4O6S/c1-2-9-32-29(37)23-6-4-18(26(33-23)30(38)39)19-14-25-21(27-17(7-10-40-25)8-11-41-27)13-20(19)28(36)34-22-5-3-16(15-31)12-24(22)35/h3-6,8,11-14,35H,2,7,9-10,15,31H2,1H3,(H,32,37)(H,34,36)(H,38,39). The topological polar surface area (TPSA) is 164 Å². The summed E-state index contributed by atoms with van der Waals surface area (Å²) in [5.74, 6) is -2.10. The minimum atomic E-state index is -1.36. The second kappa shape index (κ2) is 11.8. The van der Waals surface area contributed by atoms with Crippen molar-refractivity contribution in [1.82, 2.24) is 10.3 Å². The van der Waals surface area contributed by atoms with Crippen LogP contribution in [0, 0.1) is 0 Å². The van der Waals surface area contributed by atoms with E-state index in [1.807, 2.05) is 18.4 Å². The third-order valence-corrected chi connectivity index (χ3v) is 7.68. The van der Waals surface area contributed by atoms with Crippen molar-refractivity contribution in [2.45, 2.75) is 26.3 Å². The molecular formula is C30H28N4O6S. The van der Waals surface area contributed by atoms with E-state index in [1.165, 1.54) is 29.5 Å². The van der Waals surface area contributed by atoms with Crippen LogP contribution in [0.4, 0.5) is 5.69 Å². The summed E-state index contributed by atoms with van der Waals surface area (Å²) in [6.07, 6.45) is 1.38. The Morgan fingerprint density at radius 3 is 2.61 bits per heavy atom. The number of benzene rings is 2. The smallest absolute Gasteiger partial charge is 0.355 e. The van der Waals surface area contributed by atoms with Crippen LogP contribution in [0.25, 0.3) is 21.6 Å². The Morgan fingerprint density at radius 2 is 1.88 bits per heavy atom. The van der Waals surface area contributed by atoms with Gasteiger partial charge in [-0.05, 0) is 65.4 Å². The van der Waals surface area contributed by atoms with Crippen LogP contribution in [-0.4, -0.2) is 46.1 Å². The van der Waals surface area contributed by atoms with Gasteiger partial charge in [0.15, 0.2) is 5.69 Å². The van der Waals surface area contributed by atoms with Crippen LogP contribution in [0.1, 0.15) is 55.8 Å². The molecule has 10 nitrogen and oxygen atoms in total. The molecule has 2 aromatic heterocycles. The molecule has 0 aliphatic carbocycles. The first-order valence-corrected chi connectivity index (χ1v) is 13.9. The van der Waals surface area contributed by atoms with Gasteiger partial charge in [-0.15, -0.1) is 11.3 Å². The Hall–Kier alpha value is -4.74. The number of carbonyl (C=O) groups excluding carboxylic acids is 2. The first-order valence-electron chi connectivity index (χ1n) is 13.0. The highest BCUT2D eigenvalue weighted by atomic mass is 32.1. The zero-order valence-electron chi connectivity index (χ0n) is 22.2. The van der Waals surface area contributed by atoms with Gasteiger partial charge < -0.3 is 31.3 Å². The van der Waals surface area contributed by atoms with E-state index in [0.29, 0.717) is 42.9 Å². The van der Waals surface area contributed by atoms with E-state index in [4.69, 9.17) is 10.5 Å². The number of hydrogen-bond donors (Lipinski definition) is 5. The number of nitrogens with two attached hydrogens (primary N) is 1. The van der Waals surface area contributed by atoms with Crippen molar-refractivity contribution >= 4 is 34.8 Å². The molecule has 0 atom stereocenters. The van der Waals surface area contributed by atoms with Gasteiger partial charge in [0.2, 0.25) is 0 Å². The minimum absolute atomic E-state index is 0.0512. The van der Waals surface area contributed by atoms with E-state index < -0.39 is 17.8 Å². The highest BCUT2D eigenvalue weighted by molar-refractivity contribution is 7.13. The first-order chi connectivity index (χ1) is 19.8. The Balaban J connectivity index is 1.66. The number of carbonyl (C=O) groups is 3. The average Bonchev–Trinajstić information content (AvgIpc) is 3.37. The molecule has 2 aromatic carbocycles. The normalized spacial score (nSPS) is 12.0. The Morgan fingerprint density at radius 1 is 1.05 bits per heavy atom. The number of nitrogens with zero attached hydrogens (tertiary/aromatic N) is 1. The fourth-order valence-electron chi connectivity index (χ4n) is 4.62. The van der Waals surface area contributed by atoms with E-state index in [0.717, 1.165) is 10.4 Å². The van der Waals surface area contributed by atoms with Crippen LogP contribution in [0.2, 0.25) is 0 Å². The number of aromatic carboxylic acids is 1. The number of amides is 2. The van der Waals surface area contributed by atoms with Gasteiger partial charge in [-0.1, -0.05) is 13.0 Å². The summed E-state index contributed by atoms with van der Waals surface area (Å²) in [7, 11) is 0. The number of ether oxygens (including phenoxy) is 1. The molecule has 3 heterocycles. The second-order valence-corrected chi connectivity index (χ2v) is 10.3. The number of anilines is 1. The summed E-state index contributed by atoms with van der Waals surface area (Å²) in [4.78, 5) is 43.8. The molecule has 4 aromatic rings. The van der Waals surface area contributed by atoms with Gasteiger partial charge in [-0.3, -0.25) is 9.59 Å². The van der Waals surface area contributed by atoms with Crippen molar-refractivity contribution < 1.29 is 29.3 Å². The van der Waals surface area contributed by atoms with E-state index in [2.05, 4.69) is 15.6 Å². The highest BCUT2D eigenvalue weighted by Crippen LogP contribution is 2.43. The van der Waals surface area contributed by atoms with Gasteiger partial charge in [0, 0.05) is 46.6 Å². The maximum atomic E-state index is 13.8. The zero-order chi connectivity index (χ0) is 29.1. The third-order valence-electron chi connectivity index (χ3n) is 6.69. The SMILES string of the molecule is CCCNC(=O)c1ccc(-c2cc3c(cc2C(=O)Nc2ccc(CN)cc2O)-c2sccc2CCO3)c(C(=O)O)n1. The van der Waals surface area contributed by atoms with Crippen LogP contribution in [0.3, 0.4) is 0 Å². The predicted molar refractivity (Wildman–Crippen MR) is 156 cm³/mol. The molecular weight excluding hydrogens is 544 g/mol. The maximum Gasteiger partial charge on any atom is 0.355 e. The monoisotopic (exact) mass is 572 g/mol. The molecule has 0 saturated heterocycles. The number of hydrogen-bond acceptors (Lipinski definition) is 8. The number of fused-ring (bicyclic) bond motifs is 3. The summed E-state index contributed by atoms with van der Waals surface area (Å²) in [6.45, 7) is 2.94. The lowest BCUT2D eigenvalue weighted by atomic mass is 9.93. The van der Waals surface area contributed by atoms with E-state index >= 15 is 0 Å². The summed E-state index contributed by atoms with van der Waals surface area (Å²) < 4.78 is 6.05. The molecule has 0 unspecified atom stereocenters. The fourth-order valence-corrected chi connectivity index (χ4v) is 5.60. The number of rotatable bonds is 8. The van der Waals surface area contributed by atoms with Gasteiger partial charge in [0.05, 0.1) is 12.3 Å². The van der Waals surface area contributed by atoms with Crippen LogP contribution in [-0.2, 0) is 13.0 Å². The lowest BCUT2D eigenvalue weighted by Gasteiger charge is -2.17. The van der Waals surface area contributed by atoms with Gasteiger partial charge in [-0.25, -0.2) is 9.78 Å². The van der Waals surface area contributed by atoms with Crippen molar-refractivity contribution in [1.29, 1.82) is 0 Å². The average molecular weight is 573 g/mol. The number of thiophene rings is 1. The molecule has 0 radical (unpaired) electrons. The number of phenolic OH excluding ortho intramolecular Hbond substituents is 1. The lowest BCUT2D eigenvalue weighted by Crippen LogP contribution is -2.25. The molecule has 0 spiro atoms. The highest BCUT2D eigenvalue weighted by Gasteiger charge is 2.27. The van der Waals surface area contributed by atoms with Crippen LogP contribution in [0.15, 0.2) is 53.9 Å². The van der Waals surface area contributed by atoms with Gasteiger partial charge in [0.25, 0.3) is 11.8 Å². The molecule has 11 heteroatoms. The zero-order valence-corrected chi connectivity index (χ0v) is 23.0. The number of pyridine rings is 1. The number of phenols is 1. The molecule has 0 fully saturated rings. The summed E-state index contributed by atoms with van der Waals surface area (Å²) in [5.41, 5.74) is 8.39. The number of nitrogens with one attached hydrogen (secondary N) is 2. The lowest BCUT2D eigenvalue weighted by molar-refractivity contribution is 0.0691. The van der Waals surface area contributed by atoms with E-state index in [-0.39, 0.29) is 46.1 Å². The van der Waals surface area contributed by atoms with Crippen molar-refractivity contribution in [2.24, 2.45) is 5.73 Å². The molecule has 1 aliphatic heterocycles. The van der Waals surface area contributed by atoms with Crippen molar-refractivity contribution in [3.63, 3.8) is 0 Å². The molecule has 41 heavy (non-hydrogen) atoms. The molecule has 0 bridgehead atoms. The molecule has 210 valence electrons. The third kappa shape index (κ3) is 5.63. The Labute approximate surface area is 239 Å². The van der Waals surface area contributed by atoms with Gasteiger partial charge >= 0.3 is 5.97 Å². The molecule has 2 amide bonds. The van der Waals surface area contributed by atoms with Crippen molar-refractivity contribution in [3.8, 4) is 33.1 Å². The minimum Gasteiger partial charge on any atom is -0.506 e. The molecule has 1 aliphatic rings. The summed E-state index contributed by atoms with van der Waals surface area (Å²) >= 11 is 1.52. The van der Waals surface area contributed by atoms with Gasteiger partial charge in [-0.2, -0.15) is 0 Å². The number of aromatic nitrogens is 1. The van der Waals surface area contributed by atoms with Crippen LogP contribution < -0.4 is 21.1 Å². The molecule has 0 saturated carbocycles. The van der Waals surface area contributed by atoms with E-state index in [1.54, 1.807) is 24.3 Å². The Bertz CT molecular complexity index is 1660. The number of carboxylic acid groups (broad SMARTS) is 1. The quantitative estimate of drug-likeness (QED) is 0.190. The number of carboxylic acids is 1. The summed E-state index contributed by atoms with van der Waals surface area (Å²) in [6, 6.07) is 12.9. The van der Waals surface area contributed by atoms with Crippen molar-refractivity contribution in [3.05, 3.63) is 82.0 Å². The fraction of sp³-hybridized carbons (Fsp3) is 0.200. The molecule has 5 rings (SSSR count). The van der Waals surface area contributed by atoms with Gasteiger partial charge in [0.1, 0.15) is 17.2 Å².